The summed E-state index contributed by atoms with van der Waals surface area (Å²) in [5.74, 6) is 1.28. The van der Waals surface area contributed by atoms with Crippen LogP contribution in [0.3, 0.4) is 0 Å². The van der Waals surface area contributed by atoms with Gasteiger partial charge in [0.15, 0.2) is 0 Å². The second-order valence-electron chi connectivity index (χ2n) is 11.1. The first-order valence-corrected chi connectivity index (χ1v) is 14.7. The number of carbonyl (C=O) groups excluding carboxylic acids is 1. The molecule has 0 saturated carbocycles. The number of halogens is 1. The van der Waals surface area contributed by atoms with Crippen LogP contribution < -0.4 is 20.1 Å². The molecule has 2 aliphatic heterocycles. The van der Waals surface area contributed by atoms with Crippen LogP contribution in [0.15, 0.2) is 16.9 Å². The fourth-order valence-electron chi connectivity index (χ4n) is 6.14. The van der Waals surface area contributed by atoms with Gasteiger partial charge in [-0.15, -0.1) is 0 Å². The standard InChI is InChI=1S/C30H44FN5O4/c1-4-7-22-19-23(40-18-16-35(11-5-2)15-17-37)20-25(31)26(22)30(21-38)9-13-36(14-10-30)29-32-27-24(28(39)33-29)8-6-12-34(27)3/h19-21,37H,4-18H2,1-3H3,(H,32,33,39). The molecule has 10 heteroatoms. The van der Waals surface area contributed by atoms with Crippen molar-refractivity contribution in [3.63, 3.8) is 0 Å². The predicted octanol–water partition coefficient (Wildman–Crippen LogP) is 3.06. The first kappa shape index (κ1) is 30.0. The second-order valence-corrected chi connectivity index (χ2v) is 11.1. The Kier molecular flexibility index (Phi) is 10.2. The van der Waals surface area contributed by atoms with Crippen molar-refractivity contribution < 1.29 is 19.0 Å². The van der Waals surface area contributed by atoms with Crippen molar-refractivity contribution in [2.75, 3.05) is 69.3 Å². The van der Waals surface area contributed by atoms with Crippen molar-refractivity contribution in [3.05, 3.63) is 45.0 Å². The topological polar surface area (TPSA) is 102 Å². The second kappa shape index (κ2) is 13.6. The third-order valence-electron chi connectivity index (χ3n) is 8.24. The van der Waals surface area contributed by atoms with Gasteiger partial charge in [0, 0.05) is 51.4 Å². The maximum absolute atomic E-state index is 15.8. The summed E-state index contributed by atoms with van der Waals surface area (Å²) in [7, 11) is 1.95. The Hall–Kier alpha value is -2.98. The molecule has 0 aliphatic carbocycles. The summed E-state index contributed by atoms with van der Waals surface area (Å²) in [5.41, 5.74) is 0.932. The highest BCUT2D eigenvalue weighted by Crippen LogP contribution is 2.40. The third-order valence-corrected chi connectivity index (χ3v) is 8.24. The smallest absolute Gasteiger partial charge is 0.257 e. The Morgan fingerprint density at radius 3 is 2.62 bits per heavy atom. The fraction of sp³-hybridized carbons (Fsp3) is 0.633. The van der Waals surface area contributed by atoms with Gasteiger partial charge in [0.25, 0.3) is 5.56 Å². The number of rotatable bonds is 13. The van der Waals surface area contributed by atoms with Crippen LogP contribution in [0.25, 0.3) is 0 Å². The van der Waals surface area contributed by atoms with E-state index < -0.39 is 11.2 Å². The molecule has 0 atom stereocenters. The Labute approximate surface area is 236 Å². The lowest BCUT2D eigenvalue weighted by atomic mass is 9.71. The molecule has 2 aliphatic rings. The number of hydrogen-bond acceptors (Lipinski definition) is 8. The molecule has 1 aromatic carbocycles. The summed E-state index contributed by atoms with van der Waals surface area (Å²) in [6.45, 7) is 8.50. The maximum atomic E-state index is 15.8. The van der Waals surface area contributed by atoms with Gasteiger partial charge in [0.1, 0.15) is 30.3 Å². The monoisotopic (exact) mass is 557 g/mol. The lowest BCUT2D eigenvalue weighted by Gasteiger charge is -2.40. The number of anilines is 2. The summed E-state index contributed by atoms with van der Waals surface area (Å²) in [4.78, 5) is 39.3. The van der Waals surface area contributed by atoms with Crippen molar-refractivity contribution in [2.24, 2.45) is 0 Å². The van der Waals surface area contributed by atoms with E-state index in [0.717, 1.165) is 62.0 Å². The van der Waals surface area contributed by atoms with E-state index in [9.17, 15) is 14.7 Å². The minimum Gasteiger partial charge on any atom is -0.492 e. The third kappa shape index (κ3) is 6.49. The SMILES string of the molecule is CCCc1cc(OCCN(CCC)CCO)cc(F)c1C1(C=O)CCN(c2nc3c(c(=O)[nH]2)CCCN3C)CC1. The number of fused-ring (bicyclic) bond motifs is 1. The first-order valence-electron chi connectivity index (χ1n) is 14.7. The number of hydrogen-bond donors (Lipinski definition) is 2. The largest absolute Gasteiger partial charge is 0.492 e. The number of aliphatic hydroxyl groups is 1. The van der Waals surface area contributed by atoms with Crippen LogP contribution in [-0.4, -0.2) is 85.8 Å². The molecule has 3 heterocycles. The molecule has 2 aromatic rings. The number of H-pyrrole nitrogens is 1. The first-order chi connectivity index (χ1) is 19.4. The van der Waals surface area contributed by atoms with E-state index in [2.05, 4.69) is 16.8 Å². The molecule has 1 aromatic heterocycles. The van der Waals surface area contributed by atoms with Crippen molar-refractivity contribution in [3.8, 4) is 5.75 Å². The number of aromatic nitrogens is 2. The van der Waals surface area contributed by atoms with Crippen LogP contribution in [0, 0.1) is 5.82 Å². The van der Waals surface area contributed by atoms with E-state index >= 15 is 4.39 Å². The van der Waals surface area contributed by atoms with Gasteiger partial charge in [0.2, 0.25) is 5.95 Å². The average Bonchev–Trinajstić information content (AvgIpc) is 2.94. The van der Waals surface area contributed by atoms with Gasteiger partial charge in [-0.3, -0.25) is 14.7 Å². The van der Waals surface area contributed by atoms with Crippen LogP contribution in [-0.2, 0) is 23.1 Å². The summed E-state index contributed by atoms with van der Waals surface area (Å²) < 4.78 is 21.8. The van der Waals surface area contributed by atoms with Crippen LogP contribution in [0.5, 0.6) is 5.75 Å². The lowest BCUT2D eigenvalue weighted by molar-refractivity contribution is -0.113. The minimum atomic E-state index is -0.950. The molecule has 0 unspecified atom stereocenters. The van der Waals surface area contributed by atoms with Crippen molar-refractivity contribution >= 4 is 18.1 Å². The number of aryl methyl sites for hydroxylation is 1. The van der Waals surface area contributed by atoms with E-state index in [1.165, 1.54) is 6.07 Å². The number of ether oxygens (including phenoxy) is 1. The van der Waals surface area contributed by atoms with E-state index in [4.69, 9.17) is 9.72 Å². The summed E-state index contributed by atoms with van der Waals surface area (Å²) in [6, 6.07) is 3.29. The molecular weight excluding hydrogens is 513 g/mol. The molecule has 40 heavy (non-hydrogen) atoms. The van der Waals surface area contributed by atoms with E-state index in [-0.39, 0.29) is 12.2 Å². The van der Waals surface area contributed by atoms with Crippen LogP contribution >= 0.6 is 0 Å². The van der Waals surface area contributed by atoms with Crippen LogP contribution in [0.1, 0.15) is 62.6 Å². The van der Waals surface area contributed by atoms with E-state index in [1.54, 1.807) is 0 Å². The van der Waals surface area contributed by atoms with Gasteiger partial charge in [-0.25, -0.2) is 4.39 Å². The molecule has 1 fully saturated rings. The summed E-state index contributed by atoms with van der Waals surface area (Å²) >= 11 is 0. The Morgan fingerprint density at radius 1 is 1.18 bits per heavy atom. The number of carbonyl (C=O) groups is 1. The highest BCUT2D eigenvalue weighted by molar-refractivity contribution is 5.71. The number of nitrogens with one attached hydrogen (secondary N) is 1. The molecule has 0 spiro atoms. The quantitative estimate of drug-likeness (QED) is 0.363. The van der Waals surface area contributed by atoms with Gasteiger partial charge in [-0.05, 0) is 56.7 Å². The van der Waals surface area contributed by atoms with Crippen molar-refractivity contribution in [1.29, 1.82) is 0 Å². The zero-order chi connectivity index (χ0) is 28.7. The van der Waals surface area contributed by atoms with Gasteiger partial charge < -0.3 is 24.4 Å². The average molecular weight is 558 g/mol. The highest BCUT2D eigenvalue weighted by atomic mass is 19.1. The van der Waals surface area contributed by atoms with Gasteiger partial charge in [-0.1, -0.05) is 20.3 Å². The summed E-state index contributed by atoms with van der Waals surface area (Å²) in [5, 5.41) is 9.28. The Bertz CT molecular complexity index is 1210. The molecule has 0 amide bonds. The Balaban J connectivity index is 1.52. The minimum absolute atomic E-state index is 0.0881. The molecular formula is C30H44FN5O4. The zero-order valence-corrected chi connectivity index (χ0v) is 24.2. The van der Waals surface area contributed by atoms with Gasteiger partial charge in [0.05, 0.1) is 17.6 Å². The van der Waals surface area contributed by atoms with Gasteiger partial charge >= 0.3 is 0 Å². The maximum Gasteiger partial charge on any atom is 0.257 e. The van der Waals surface area contributed by atoms with Gasteiger partial charge in [-0.2, -0.15) is 4.98 Å². The lowest BCUT2D eigenvalue weighted by Crippen LogP contribution is -2.46. The summed E-state index contributed by atoms with van der Waals surface area (Å²) in [6.07, 6.45) is 5.84. The fourth-order valence-corrected chi connectivity index (χ4v) is 6.14. The number of piperidine rings is 1. The number of aldehydes is 1. The number of aromatic amines is 1. The van der Waals surface area contributed by atoms with Crippen LogP contribution in [0.2, 0.25) is 0 Å². The normalized spacial score (nSPS) is 16.8. The van der Waals surface area contributed by atoms with E-state index in [1.807, 2.05) is 29.8 Å². The highest BCUT2D eigenvalue weighted by Gasteiger charge is 2.40. The number of nitrogens with zero attached hydrogens (tertiary/aromatic N) is 4. The molecule has 9 nitrogen and oxygen atoms in total. The molecule has 2 N–H and O–H groups in total. The number of aliphatic hydroxyl groups excluding tert-OH is 1. The zero-order valence-electron chi connectivity index (χ0n) is 24.2. The molecule has 0 radical (unpaired) electrons. The van der Waals surface area contributed by atoms with Crippen molar-refractivity contribution in [1.82, 2.24) is 14.9 Å². The van der Waals surface area contributed by atoms with Crippen molar-refractivity contribution in [2.45, 2.75) is 64.2 Å². The molecule has 0 bridgehead atoms. The van der Waals surface area contributed by atoms with E-state index in [0.29, 0.717) is 69.3 Å². The van der Waals surface area contributed by atoms with Crippen LogP contribution in [0.4, 0.5) is 16.2 Å². The molecule has 4 rings (SSSR count). The number of benzene rings is 1. The Morgan fingerprint density at radius 2 is 1.95 bits per heavy atom. The molecule has 220 valence electrons. The predicted molar refractivity (Wildman–Crippen MR) is 155 cm³/mol. The molecule has 1 saturated heterocycles.